The van der Waals surface area contributed by atoms with Gasteiger partial charge in [-0.1, -0.05) is 59.8 Å². The molecule has 1 aromatic heterocycles. The van der Waals surface area contributed by atoms with Crippen molar-refractivity contribution in [2.24, 2.45) is 0 Å². The number of carbonyl (C=O) groups excluding carboxylic acids is 2. The lowest BCUT2D eigenvalue weighted by Gasteiger charge is -2.14. The Morgan fingerprint density at radius 1 is 0.857 bits per heavy atom. The minimum atomic E-state index is -0.275. The highest BCUT2D eigenvalue weighted by molar-refractivity contribution is 7.99. The van der Waals surface area contributed by atoms with Gasteiger partial charge >= 0.3 is 0 Å². The van der Waals surface area contributed by atoms with Crippen LogP contribution in [0.5, 0.6) is 23.0 Å². The molecule has 11 nitrogen and oxygen atoms in total. The molecule has 0 spiro atoms. The van der Waals surface area contributed by atoms with Crippen LogP contribution in [-0.4, -0.2) is 54.7 Å². The number of benzene rings is 4. The molecule has 4 aromatic carbocycles. The lowest BCUT2D eigenvalue weighted by atomic mass is 10.1. The first-order valence-electron chi connectivity index (χ1n) is 15.7. The molecule has 49 heavy (non-hydrogen) atoms. The Morgan fingerprint density at radius 2 is 1.55 bits per heavy atom. The van der Waals surface area contributed by atoms with Crippen molar-refractivity contribution in [1.29, 1.82) is 0 Å². The van der Waals surface area contributed by atoms with Crippen LogP contribution >= 0.6 is 11.8 Å². The Hall–Kier alpha value is -5.49. The summed E-state index contributed by atoms with van der Waals surface area (Å²) in [7, 11) is 3.17. The quantitative estimate of drug-likeness (QED) is 0.132. The lowest BCUT2D eigenvalue weighted by Crippen LogP contribution is -2.27. The summed E-state index contributed by atoms with van der Waals surface area (Å²) >= 11 is 1.18. The van der Waals surface area contributed by atoms with Gasteiger partial charge in [-0.15, -0.1) is 0 Å². The monoisotopic (exact) mass is 680 g/mol. The third-order valence-corrected chi connectivity index (χ3v) is 9.04. The number of aromatic nitrogens is 2. The number of hydrogen-bond acceptors (Lipinski definition) is 9. The molecule has 0 saturated heterocycles. The van der Waals surface area contributed by atoms with Gasteiger partial charge in [0, 0.05) is 24.7 Å². The maximum atomic E-state index is 13.9. The van der Waals surface area contributed by atoms with E-state index in [1.807, 2.05) is 61.5 Å². The normalized spacial score (nSPS) is 11.7. The number of nitrogens with one attached hydrogen (secondary N) is 2. The highest BCUT2D eigenvalue weighted by Gasteiger charge is 2.20. The summed E-state index contributed by atoms with van der Waals surface area (Å²) in [5.74, 6) is 1.96. The fourth-order valence-electron chi connectivity index (χ4n) is 5.33. The van der Waals surface area contributed by atoms with Crippen LogP contribution in [0.15, 0.2) is 88.8 Å². The second-order valence-corrected chi connectivity index (χ2v) is 12.4. The predicted molar refractivity (Wildman–Crippen MR) is 187 cm³/mol. The molecule has 12 heteroatoms. The van der Waals surface area contributed by atoms with Gasteiger partial charge in [-0.2, -0.15) is 0 Å². The predicted octanol–water partition coefficient (Wildman–Crippen LogP) is 4.88. The van der Waals surface area contributed by atoms with E-state index in [-0.39, 0.29) is 36.5 Å². The van der Waals surface area contributed by atoms with Crippen LogP contribution < -0.4 is 35.1 Å². The molecule has 2 heterocycles. The third kappa shape index (κ3) is 7.98. The van der Waals surface area contributed by atoms with E-state index in [2.05, 4.69) is 10.6 Å². The van der Waals surface area contributed by atoms with Gasteiger partial charge in [0.05, 0.1) is 37.4 Å². The minimum Gasteiger partial charge on any atom is -0.493 e. The summed E-state index contributed by atoms with van der Waals surface area (Å²) in [4.78, 5) is 44.3. The van der Waals surface area contributed by atoms with Crippen LogP contribution in [0, 0.1) is 6.92 Å². The molecule has 252 valence electrons. The van der Waals surface area contributed by atoms with E-state index in [4.69, 9.17) is 23.9 Å². The SMILES string of the molecule is COc1ccc(CCNC(=O)c2ccc(Cn3c(SCC(=O)NCc4ccc(C)cc4)nc4cc5c(cc4c3=O)OCO5)cc2)cc1OC. The zero-order valence-electron chi connectivity index (χ0n) is 27.4. The van der Waals surface area contributed by atoms with Crippen molar-refractivity contribution in [2.45, 2.75) is 31.6 Å². The lowest BCUT2D eigenvalue weighted by molar-refractivity contribution is -0.118. The zero-order valence-corrected chi connectivity index (χ0v) is 28.2. The maximum Gasteiger partial charge on any atom is 0.262 e. The molecular weight excluding hydrogens is 644 g/mol. The van der Waals surface area contributed by atoms with Crippen LogP contribution in [0.3, 0.4) is 0 Å². The fraction of sp³-hybridized carbons (Fsp3) is 0.243. The highest BCUT2D eigenvalue weighted by Crippen LogP contribution is 2.35. The molecular formula is C37H36N4O7S. The molecule has 1 aliphatic rings. The van der Waals surface area contributed by atoms with Crippen LogP contribution in [-0.2, 0) is 24.3 Å². The molecule has 2 N–H and O–H groups in total. The van der Waals surface area contributed by atoms with Gasteiger partial charge in [0.25, 0.3) is 11.5 Å². The highest BCUT2D eigenvalue weighted by atomic mass is 32.2. The zero-order chi connectivity index (χ0) is 34.3. The Labute approximate surface area is 287 Å². The van der Waals surface area contributed by atoms with E-state index in [1.54, 1.807) is 43.1 Å². The van der Waals surface area contributed by atoms with Gasteiger partial charge < -0.3 is 29.6 Å². The van der Waals surface area contributed by atoms with Crippen LogP contribution in [0.25, 0.3) is 10.9 Å². The molecule has 0 aliphatic carbocycles. The smallest absolute Gasteiger partial charge is 0.262 e. The van der Waals surface area contributed by atoms with E-state index in [9.17, 15) is 14.4 Å². The number of nitrogens with zero attached hydrogens (tertiary/aromatic N) is 2. The number of hydrogen-bond donors (Lipinski definition) is 2. The van der Waals surface area contributed by atoms with Gasteiger partial charge in [-0.25, -0.2) is 4.98 Å². The molecule has 1 aliphatic heterocycles. The van der Waals surface area contributed by atoms with E-state index in [0.29, 0.717) is 64.1 Å². The summed E-state index contributed by atoms with van der Waals surface area (Å²) in [5.41, 5.74) is 4.61. The van der Waals surface area contributed by atoms with Gasteiger partial charge in [0.2, 0.25) is 12.7 Å². The van der Waals surface area contributed by atoms with E-state index in [1.165, 1.54) is 11.8 Å². The molecule has 2 amide bonds. The summed E-state index contributed by atoms with van der Waals surface area (Å²) in [6, 6.07) is 24.0. The van der Waals surface area contributed by atoms with Crippen molar-refractivity contribution in [3.8, 4) is 23.0 Å². The van der Waals surface area contributed by atoms with Gasteiger partial charge in [-0.3, -0.25) is 19.0 Å². The van der Waals surface area contributed by atoms with Crippen molar-refractivity contribution in [3.05, 3.63) is 117 Å². The third-order valence-electron chi connectivity index (χ3n) is 8.06. The second-order valence-electron chi connectivity index (χ2n) is 11.5. The molecule has 0 bridgehead atoms. The second kappa shape index (κ2) is 15.2. The van der Waals surface area contributed by atoms with Crippen LogP contribution in [0.1, 0.15) is 32.6 Å². The first-order chi connectivity index (χ1) is 23.8. The van der Waals surface area contributed by atoms with Crippen molar-refractivity contribution in [1.82, 2.24) is 20.2 Å². The number of methoxy groups -OCH3 is 2. The van der Waals surface area contributed by atoms with Crippen molar-refractivity contribution >= 4 is 34.5 Å². The van der Waals surface area contributed by atoms with E-state index < -0.39 is 0 Å². The molecule has 6 rings (SSSR count). The number of aryl methyl sites for hydroxylation is 1. The molecule has 5 aromatic rings. The van der Waals surface area contributed by atoms with E-state index >= 15 is 0 Å². The Morgan fingerprint density at radius 3 is 2.29 bits per heavy atom. The van der Waals surface area contributed by atoms with Gasteiger partial charge in [0.1, 0.15) is 0 Å². The summed E-state index contributed by atoms with van der Waals surface area (Å²) in [6.07, 6.45) is 0.618. The first kappa shape index (κ1) is 33.4. The molecule has 0 saturated carbocycles. The van der Waals surface area contributed by atoms with Crippen LogP contribution in [0.2, 0.25) is 0 Å². The Bertz CT molecular complexity index is 2050. The van der Waals surface area contributed by atoms with Crippen molar-refractivity contribution in [2.75, 3.05) is 33.3 Å². The average Bonchev–Trinajstić information content (AvgIpc) is 3.58. The Balaban J connectivity index is 1.14. The number of fused-ring (bicyclic) bond motifs is 2. The first-order valence-corrected chi connectivity index (χ1v) is 16.7. The summed E-state index contributed by atoms with van der Waals surface area (Å²) in [6.45, 7) is 3.10. The number of amides is 2. The van der Waals surface area contributed by atoms with E-state index in [0.717, 1.165) is 22.3 Å². The average molecular weight is 681 g/mol. The fourth-order valence-corrected chi connectivity index (χ4v) is 6.16. The van der Waals surface area contributed by atoms with Crippen molar-refractivity contribution in [3.63, 3.8) is 0 Å². The minimum absolute atomic E-state index is 0.0662. The number of ether oxygens (including phenoxy) is 4. The van der Waals surface area contributed by atoms with Gasteiger partial charge in [0.15, 0.2) is 28.2 Å². The standard InChI is InChI=1S/C37H36N4O7S/c1-23-4-6-25(7-5-23)19-39-34(42)21-49-37-40-29-18-33-32(47-22-48-33)17-28(29)36(44)41(37)20-26-8-11-27(12-9-26)35(43)38-15-14-24-10-13-30(45-2)31(16-24)46-3/h4-13,16-18H,14-15,19-22H2,1-3H3,(H,38,43)(H,39,42). The number of thioether (sulfide) groups is 1. The molecule has 0 radical (unpaired) electrons. The maximum absolute atomic E-state index is 13.9. The summed E-state index contributed by atoms with van der Waals surface area (Å²) in [5, 5.41) is 6.65. The molecule has 0 unspecified atom stereocenters. The number of carbonyl (C=O) groups is 2. The molecule has 0 atom stereocenters. The molecule has 0 fully saturated rings. The van der Waals surface area contributed by atoms with Gasteiger partial charge in [-0.05, 0) is 60.4 Å². The largest absolute Gasteiger partial charge is 0.493 e. The Kier molecular flexibility index (Phi) is 10.3. The van der Waals surface area contributed by atoms with Crippen molar-refractivity contribution < 1.29 is 28.5 Å². The topological polar surface area (TPSA) is 130 Å². The summed E-state index contributed by atoms with van der Waals surface area (Å²) < 4.78 is 23.2. The number of rotatable bonds is 13. The van der Waals surface area contributed by atoms with Crippen LogP contribution in [0.4, 0.5) is 0 Å².